The number of hydrogen-bond acceptors (Lipinski definition) is 3. The molecule has 15 heavy (non-hydrogen) atoms. The third-order valence-electron chi connectivity index (χ3n) is 2.64. The highest BCUT2D eigenvalue weighted by atomic mass is 32.1. The monoisotopic (exact) mass is 225 g/mol. The molecule has 1 aliphatic heterocycles. The van der Waals surface area contributed by atoms with Crippen LogP contribution in [0.25, 0.3) is 0 Å². The standard InChI is InChI=1S/C11H15NO2S/c1-8-6-14-9(2)5-12(8)11(13)10-3-4-15-7-10/h3-4,7-9H,5-6H2,1-2H3/t8-,9-/m1/s1. The Morgan fingerprint density at radius 2 is 2.40 bits per heavy atom. The second-order valence-electron chi connectivity index (χ2n) is 3.96. The Morgan fingerprint density at radius 3 is 3.07 bits per heavy atom. The molecule has 1 fully saturated rings. The van der Waals surface area contributed by atoms with Crippen LogP contribution in [-0.2, 0) is 4.74 Å². The first-order valence-electron chi connectivity index (χ1n) is 5.13. The van der Waals surface area contributed by atoms with E-state index in [1.165, 1.54) is 0 Å². The molecule has 82 valence electrons. The molecule has 0 radical (unpaired) electrons. The summed E-state index contributed by atoms with van der Waals surface area (Å²) in [5.74, 6) is 0.124. The van der Waals surface area contributed by atoms with Gasteiger partial charge in [0, 0.05) is 11.9 Å². The van der Waals surface area contributed by atoms with Gasteiger partial charge in [0.25, 0.3) is 5.91 Å². The number of thiophene rings is 1. The molecule has 1 aromatic heterocycles. The van der Waals surface area contributed by atoms with Crippen LogP contribution in [0.5, 0.6) is 0 Å². The van der Waals surface area contributed by atoms with E-state index in [2.05, 4.69) is 0 Å². The van der Waals surface area contributed by atoms with E-state index in [4.69, 9.17) is 4.74 Å². The quantitative estimate of drug-likeness (QED) is 0.731. The fraction of sp³-hybridized carbons (Fsp3) is 0.545. The van der Waals surface area contributed by atoms with Gasteiger partial charge in [-0.05, 0) is 25.3 Å². The number of carbonyl (C=O) groups is 1. The average molecular weight is 225 g/mol. The Labute approximate surface area is 93.7 Å². The summed E-state index contributed by atoms with van der Waals surface area (Å²) >= 11 is 1.56. The molecule has 1 amide bonds. The molecule has 0 saturated carbocycles. The fourth-order valence-electron chi connectivity index (χ4n) is 1.74. The second kappa shape index (κ2) is 4.33. The summed E-state index contributed by atoms with van der Waals surface area (Å²) in [6, 6.07) is 2.05. The first-order valence-corrected chi connectivity index (χ1v) is 6.07. The third kappa shape index (κ3) is 2.21. The van der Waals surface area contributed by atoms with Gasteiger partial charge in [-0.15, -0.1) is 0 Å². The summed E-state index contributed by atoms with van der Waals surface area (Å²) in [5.41, 5.74) is 0.793. The zero-order valence-corrected chi connectivity index (χ0v) is 9.79. The number of amides is 1. The first-order chi connectivity index (χ1) is 7.18. The molecule has 2 rings (SSSR count). The van der Waals surface area contributed by atoms with Gasteiger partial charge in [-0.3, -0.25) is 4.79 Å². The predicted molar refractivity (Wildman–Crippen MR) is 60.2 cm³/mol. The second-order valence-corrected chi connectivity index (χ2v) is 4.74. The number of hydrogen-bond donors (Lipinski definition) is 0. The van der Waals surface area contributed by atoms with Crippen molar-refractivity contribution < 1.29 is 9.53 Å². The third-order valence-corrected chi connectivity index (χ3v) is 3.32. The largest absolute Gasteiger partial charge is 0.375 e. The fourth-order valence-corrected chi connectivity index (χ4v) is 2.37. The van der Waals surface area contributed by atoms with E-state index < -0.39 is 0 Å². The van der Waals surface area contributed by atoms with Crippen molar-refractivity contribution in [2.75, 3.05) is 13.2 Å². The minimum Gasteiger partial charge on any atom is -0.375 e. The van der Waals surface area contributed by atoms with Crippen molar-refractivity contribution in [2.45, 2.75) is 26.0 Å². The van der Waals surface area contributed by atoms with Crippen molar-refractivity contribution >= 4 is 17.2 Å². The van der Waals surface area contributed by atoms with E-state index in [-0.39, 0.29) is 18.1 Å². The zero-order chi connectivity index (χ0) is 10.8. The lowest BCUT2D eigenvalue weighted by Gasteiger charge is -2.36. The van der Waals surface area contributed by atoms with Gasteiger partial charge in [0.15, 0.2) is 0 Å². The Morgan fingerprint density at radius 1 is 1.60 bits per heavy atom. The van der Waals surface area contributed by atoms with Crippen LogP contribution in [-0.4, -0.2) is 36.1 Å². The van der Waals surface area contributed by atoms with Crippen LogP contribution in [0.15, 0.2) is 16.8 Å². The Bertz CT molecular complexity index is 336. The smallest absolute Gasteiger partial charge is 0.255 e. The SMILES string of the molecule is C[C@@H]1CN(C(=O)c2ccsc2)[C@H](C)CO1. The number of morpholine rings is 1. The predicted octanol–water partition coefficient (Wildman–Crippen LogP) is 2.00. The van der Waals surface area contributed by atoms with Crippen molar-refractivity contribution in [3.05, 3.63) is 22.4 Å². The summed E-state index contributed by atoms with van der Waals surface area (Å²) in [6.45, 7) is 5.35. The molecule has 0 unspecified atom stereocenters. The van der Waals surface area contributed by atoms with E-state index in [0.29, 0.717) is 13.2 Å². The van der Waals surface area contributed by atoms with Gasteiger partial charge >= 0.3 is 0 Å². The molecule has 3 nitrogen and oxygen atoms in total. The Kier molecular flexibility index (Phi) is 3.07. The lowest BCUT2D eigenvalue weighted by Crippen LogP contribution is -2.50. The molecular weight excluding hydrogens is 210 g/mol. The van der Waals surface area contributed by atoms with Crippen LogP contribution >= 0.6 is 11.3 Å². The van der Waals surface area contributed by atoms with E-state index in [1.807, 2.05) is 35.6 Å². The Hall–Kier alpha value is -0.870. The number of carbonyl (C=O) groups excluding carboxylic acids is 1. The molecular formula is C11H15NO2S. The molecule has 1 aliphatic rings. The lowest BCUT2D eigenvalue weighted by molar-refractivity contribution is -0.0386. The van der Waals surface area contributed by atoms with Crippen LogP contribution in [0.3, 0.4) is 0 Å². The van der Waals surface area contributed by atoms with Crippen molar-refractivity contribution in [1.29, 1.82) is 0 Å². The van der Waals surface area contributed by atoms with Crippen molar-refractivity contribution in [3.8, 4) is 0 Å². The highest BCUT2D eigenvalue weighted by Gasteiger charge is 2.28. The normalized spacial score (nSPS) is 26.7. The highest BCUT2D eigenvalue weighted by Crippen LogP contribution is 2.16. The van der Waals surface area contributed by atoms with Crippen LogP contribution in [0.2, 0.25) is 0 Å². The van der Waals surface area contributed by atoms with E-state index in [9.17, 15) is 4.79 Å². The summed E-state index contributed by atoms with van der Waals surface area (Å²) in [4.78, 5) is 14.0. The maximum absolute atomic E-state index is 12.1. The van der Waals surface area contributed by atoms with Crippen molar-refractivity contribution in [3.63, 3.8) is 0 Å². The van der Waals surface area contributed by atoms with Crippen molar-refractivity contribution in [1.82, 2.24) is 4.90 Å². The van der Waals surface area contributed by atoms with E-state index in [1.54, 1.807) is 11.3 Å². The first kappa shape index (κ1) is 10.6. The zero-order valence-electron chi connectivity index (χ0n) is 8.97. The number of nitrogens with zero attached hydrogens (tertiary/aromatic N) is 1. The van der Waals surface area contributed by atoms with Gasteiger partial charge in [-0.25, -0.2) is 0 Å². The molecule has 0 N–H and O–H groups in total. The van der Waals surface area contributed by atoms with Gasteiger partial charge < -0.3 is 9.64 Å². The molecule has 0 spiro atoms. The molecule has 1 saturated heterocycles. The molecule has 2 atom stereocenters. The number of ether oxygens (including phenoxy) is 1. The molecule has 0 bridgehead atoms. The van der Waals surface area contributed by atoms with Gasteiger partial charge in [-0.1, -0.05) is 0 Å². The van der Waals surface area contributed by atoms with Gasteiger partial charge in [0.2, 0.25) is 0 Å². The van der Waals surface area contributed by atoms with Crippen LogP contribution < -0.4 is 0 Å². The number of rotatable bonds is 1. The van der Waals surface area contributed by atoms with Gasteiger partial charge in [0.1, 0.15) is 0 Å². The maximum atomic E-state index is 12.1. The summed E-state index contributed by atoms with van der Waals surface area (Å²) < 4.78 is 5.50. The van der Waals surface area contributed by atoms with Crippen LogP contribution in [0, 0.1) is 0 Å². The topological polar surface area (TPSA) is 29.5 Å². The molecule has 0 aliphatic carbocycles. The minimum atomic E-state index is 0.124. The van der Waals surface area contributed by atoms with Gasteiger partial charge in [-0.2, -0.15) is 11.3 Å². The van der Waals surface area contributed by atoms with Crippen LogP contribution in [0.1, 0.15) is 24.2 Å². The van der Waals surface area contributed by atoms with E-state index >= 15 is 0 Å². The lowest BCUT2D eigenvalue weighted by atomic mass is 10.1. The van der Waals surface area contributed by atoms with Crippen molar-refractivity contribution in [2.24, 2.45) is 0 Å². The van der Waals surface area contributed by atoms with Gasteiger partial charge in [0.05, 0.1) is 24.3 Å². The maximum Gasteiger partial charge on any atom is 0.255 e. The Balaban J connectivity index is 2.12. The minimum absolute atomic E-state index is 0.124. The van der Waals surface area contributed by atoms with Crippen LogP contribution in [0.4, 0.5) is 0 Å². The molecule has 1 aromatic rings. The summed E-state index contributed by atoms with van der Waals surface area (Å²) in [5, 5.41) is 3.83. The molecule has 4 heteroatoms. The average Bonchev–Trinajstić information content (AvgIpc) is 2.74. The molecule has 0 aromatic carbocycles. The molecule has 2 heterocycles. The highest BCUT2D eigenvalue weighted by molar-refractivity contribution is 7.08. The summed E-state index contributed by atoms with van der Waals surface area (Å²) in [6.07, 6.45) is 0.142. The van der Waals surface area contributed by atoms with E-state index in [0.717, 1.165) is 5.56 Å². The summed E-state index contributed by atoms with van der Waals surface area (Å²) in [7, 11) is 0.